The summed E-state index contributed by atoms with van der Waals surface area (Å²) >= 11 is 0. The zero-order valence-corrected chi connectivity index (χ0v) is 29.8. The van der Waals surface area contributed by atoms with Gasteiger partial charge in [0.2, 0.25) is 11.7 Å². The molecule has 0 aliphatic carbocycles. The molecule has 18 heteroatoms. The van der Waals surface area contributed by atoms with Crippen LogP contribution < -0.4 is 23.8 Å². The maximum Gasteiger partial charge on any atom is 0.413 e. The first kappa shape index (κ1) is 36.1. The number of tetrazole rings is 1. The van der Waals surface area contributed by atoms with Gasteiger partial charge in [0.05, 0.1) is 18.6 Å². The molecule has 0 unspecified atom stereocenters. The van der Waals surface area contributed by atoms with Crippen LogP contribution in [0, 0.1) is 0 Å². The van der Waals surface area contributed by atoms with Gasteiger partial charge >= 0.3 is 6.09 Å². The molecular weight excluding hydrogens is 705 g/mol. The second-order valence-corrected chi connectivity index (χ2v) is 14.0. The van der Waals surface area contributed by atoms with Crippen LogP contribution >= 0.6 is 0 Å². The Balaban J connectivity index is 1.24. The van der Waals surface area contributed by atoms with Gasteiger partial charge in [0.15, 0.2) is 28.9 Å². The smallest absolute Gasteiger partial charge is 0.413 e. The number of methoxy groups -OCH3 is 1. The molecule has 6 rings (SSSR count). The third-order valence-electron chi connectivity index (χ3n) is 7.69. The molecule has 0 saturated carbocycles. The molecule has 4 heterocycles. The molecule has 17 nitrogen and oxygen atoms in total. The number of amides is 1. The number of rotatable bonds is 13. The number of carboxylic acid groups (broad SMARTS) is 1. The minimum absolute atomic E-state index is 0.00171. The zero-order chi connectivity index (χ0) is 37.6. The first-order chi connectivity index (χ1) is 25.4. The fourth-order valence-corrected chi connectivity index (χ4v) is 5.97. The summed E-state index contributed by atoms with van der Waals surface area (Å²) in [6.45, 7) is 5.72. The van der Waals surface area contributed by atoms with E-state index in [0.29, 0.717) is 28.7 Å². The number of hydrogen-bond donors (Lipinski definition) is 3. The van der Waals surface area contributed by atoms with Gasteiger partial charge in [-0.15, -0.1) is 10.2 Å². The number of nitrogens with one attached hydrogen (secondary N) is 2. The summed E-state index contributed by atoms with van der Waals surface area (Å²) < 4.78 is 47.0. The van der Waals surface area contributed by atoms with Crippen LogP contribution in [-0.4, -0.2) is 80.4 Å². The quantitative estimate of drug-likeness (QED) is 0.132. The highest BCUT2D eigenvalue weighted by Crippen LogP contribution is 2.36. The van der Waals surface area contributed by atoms with Crippen molar-refractivity contribution in [1.82, 2.24) is 40.6 Å². The van der Waals surface area contributed by atoms with Crippen LogP contribution in [0.1, 0.15) is 26.3 Å². The first-order valence-corrected chi connectivity index (χ1v) is 17.5. The molecule has 0 atom stereocenters. The average Bonchev–Trinajstić information content (AvgIpc) is 3.70. The molecule has 3 N–H and O–H groups in total. The van der Waals surface area contributed by atoms with Crippen molar-refractivity contribution in [2.45, 2.75) is 31.1 Å². The third kappa shape index (κ3) is 8.62. The number of H-pyrrole nitrogens is 1. The summed E-state index contributed by atoms with van der Waals surface area (Å²) in [6.07, 6.45) is 1.69. The van der Waals surface area contributed by atoms with Crippen LogP contribution in [0.25, 0.3) is 22.9 Å². The van der Waals surface area contributed by atoms with E-state index in [1.165, 1.54) is 43.6 Å². The number of anilines is 2. The second-order valence-electron chi connectivity index (χ2n) is 12.3. The largest absolute Gasteiger partial charge is 0.493 e. The highest BCUT2D eigenvalue weighted by atomic mass is 32.2. The van der Waals surface area contributed by atoms with Crippen LogP contribution in [0.4, 0.5) is 16.4 Å². The van der Waals surface area contributed by atoms with Crippen molar-refractivity contribution in [2.24, 2.45) is 0 Å². The topological polar surface area (TPSA) is 220 Å². The molecule has 1 amide bonds. The van der Waals surface area contributed by atoms with Crippen LogP contribution in [0.5, 0.6) is 23.1 Å². The number of hydrogen-bond acceptors (Lipinski definition) is 13. The van der Waals surface area contributed by atoms with Gasteiger partial charge in [0, 0.05) is 24.0 Å². The third-order valence-corrected chi connectivity index (χ3v) is 9.04. The molecule has 6 aromatic rings. The fourth-order valence-electron chi connectivity index (χ4n) is 4.96. The molecule has 0 aliphatic rings. The van der Waals surface area contributed by atoms with Gasteiger partial charge in [0.1, 0.15) is 18.1 Å². The summed E-state index contributed by atoms with van der Waals surface area (Å²) in [7, 11) is -2.74. The lowest BCUT2D eigenvalue weighted by Gasteiger charge is -2.21. The van der Waals surface area contributed by atoms with Crippen molar-refractivity contribution in [3.8, 4) is 46.0 Å². The average molecular weight is 739 g/mol. The maximum absolute atomic E-state index is 13.6. The van der Waals surface area contributed by atoms with Gasteiger partial charge in [-0.1, -0.05) is 45.0 Å². The molecule has 0 radical (unpaired) electrons. The van der Waals surface area contributed by atoms with Crippen molar-refractivity contribution < 1.29 is 32.5 Å². The molecule has 4 aromatic heterocycles. The number of carbonyl (C=O) groups is 1. The Morgan fingerprint density at radius 3 is 2.36 bits per heavy atom. The molecule has 272 valence electrons. The van der Waals surface area contributed by atoms with E-state index in [-0.39, 0.29) is 52.5 Å². The van der Waals surface area contributed by atoms with Crippen LogP contribution in [-0.2, 0) is 15.4 Å². The van der Waals surface area contributed by atoms with E-state index in [1.807, 2.05) is 20.8 Å². The monoisotopic (exact) mass is 738 g/mol. The first-order valence-electron chi connectivity index (χ1n) is 16.0. The van der Waals surface area contributed by atoms with E-state index in [2.05, 4.69) is 45.3 Å². The Hall–Kier alpha value is -6.69. The van der Waals surface area contributed by atoms with Crippen molar-refractivity contribution in [3.63, 3.8) is 0 Å². The summed E-state index contributed by atoms with van der Waals surface area (Å²) in [5, 5.41) is 24.0. The number of aromatic amines is 1. The standard InChI is InChI=1S/C35H34N10O7S/c1-35(2,3)23-9-11-24(12-10-23)53(48,49)42-33-28(52-27-8-6-5-7-26(27)50-4)13-14-29(38-33)45(34(46)47)19-20-51-30-16-18-37-31(39-30)22-15-17-36-25(21-22)32-40-43-44-41-32/h5-18,21H,19-20H2,1-4H3,(H,38,42)(H,46,47)(H,40,41,43,44). The molecule has 0 spiro atoms. The lowest BCUT2D eigenvalue weighted by molar-refractivity contribution is 0.199. The summed E-state index contributed by atoms with van der Waals surface area (Å²) in [5.74, 6) is 1.12. The Bertz CT molecular complexity index is 2320. The highest BCUT2D eigenvalue weighted by molar-refractivity contribution is 7.92. The molecule has 0 aliphatic heterocycles. The van der Waals surface area contributed by atoms with E-state index in [0.717, 1.165) is 10.5 Å². The van der Waals surface area contributed by atoms with Crippen LogP contribution in [0.3, 0.4) is 0 Å². The zero-order valence-electron chi connectivity index (χ0n) is 29.0. The highest BCUT2D eigenvalue weighted by Gasteiger charge is 2.24. The SMILES string of the molecule is COc1ccccc1Oc1ccc(N(CCOc2ccnc(-c3ccnc(-c4nn[nH]n4)c3)n2)C(=O)O)nc1NS(=O)(=O)c1ccc(C(C)(C)C)cc1. The summed E-state index contributed by atoms with van der Waals surface area (Å²) in [5.41, 5.74) is 1.82. The Morgan fingerprint density at radius 2 is 1.66 bits per heavy atom. The number of nitrogens with zero attached hydrogens (tertiary/aromatic N) is 8. The molecule has 53 heavy (non-hydrogen) atoms. The van der Waals surface area contributed by atoms with Gasteiger partial charge in [-0.25, -0.2) is 23.2 Å². The minimum atomic E-state index is -4.21. The van der Waals surface area contributed by atoms with E-state index >= 15 is 0 Å². The van der Waals surface area contributed by atoms with Gasteiger partial charge < -0.3 is 19.3 Å². The van der Waals surface area contributed by atoms with E-state index < -0.39 is 16.1 Å². The molecule has 2 aromatic carbocycles. The second kappa shape index (κ2) is 15.3. The number of benzene rings is 2. The van der Waals surface area contributed by atoms with E-state index in [4.69, 9.17) is 14.2 Å². The molecule has 0 fully saturated rings. The van der Waals surface area contributed by atoms with Gasteiger partial charge in [-0.2, -0.15) is 10.2 Å². The molecule has 0 bridgehead atoms. The Kier molecular flexibility index (Phi) is 10.4. The van der Waals surface area contributed by atoms with Gasteiger partial charge in [-0.3, -0.25) is 14.6 Å². The Morgan fingerprint density at radius 1 is 0.906 bits per heavy atom. The lowest BCUT2D eigenvalue weighted by atomic mass is 9.87. The number of aromatic nitrogens is 8. The maximum atomic E-state index is 13.6. The number of ether oxygens (including phenoxy) is 3. The normalized spacial score (nSPS) is 11.5. The van der Waals surface area contributed by atoms with Crippen molar-refractivity contribution in [2.75, 3.05) is 29.9 Å². The van der Waals surface area contributed by atoms with Gasteiger partial charge in [-0.05, 0) is 64.7 Å². The van der Waals surface area contributed by atoms with E-state index in [1.54, 1.807) is 54.7 Å². The summed E-state index contributed by atoms with van der Waals surface area (Å²) in [4.78, 5) is 30.8. The van der Waals surface area contributed by atoms with Crippen molar-refractivity contribution in [1.29, 1.82) is 0 Å². The fraction of sp³-hybridized carbons (Fsp3) is 0.200. The minimum Gasteiger partial charge on any atom is -0.493 e. The van der Waals surface area contributed by atoms with Crippen LogP contribution in [0.2, 0.25) is 0 Å². The Labute approximate surface area is 304 Å². The van der Waals surface area contributed by atoms with Crippen molar-refractivity contribution in [3.05, 3.63) is 96.8 Å². The van der Waals surface area contributed by atoms with E-state index in [9.17, 15) is 18.3 Å². The van der Waals surface area contributed by atoms with Gasteiger partial charge in [0.25, 0.3) is 10.0 Å². The molecule has 0 saturated heterocycles. The molecular formula is C35H34N10O7S. The number of sulfonamides is 1. The number of pyridine rings is 2. The van der Waals surface area contributed by atoms with Crippen LogP contribution in [0.15, 0.2) is 96.2 Å². The summed E-state index contributed by atoms with van der Waals surface area (Å²) in [6, 6.07) is 21.0. The lowest BCUT2D eigenvalue weighted by Crippen LogP contribution is -2.34. The number of para-hydroxylation sites is 2. The van der Waals surface area contributed by atoms with Crippen molar-refractivity contribution >= 4 is 27.8 Å². The predicted octanol–water partition coefficient (Wildman–Crippen LogP) is 5.58. The predicted molar refractivity (Wildman–Crippen MR) is 193 cm³/mol.